The van der Waals surface area contributed by atoms with E-state index in [0.29, 0.717) is 6.42 Å². The molecule has 0 aliphatic rings. The van der Waals surface area contributed by atoms with Gasteiger partial charge in [-0.25, -0.2) is 0 Å². The largest absolute Gasteiger partial charge is 0.300 e. The quantitative estimate of drug-likeness (QED) is 0.725. The summed E-state index contributed by atoms with van der Waals surface area (Å²) in [4.78, 5) is 12.4. The topological polar surface area (TPSA) is 17.1 Å². The second-order valence-corrected chi connectivity index (χ2v) is 5.27. The predicted octanol–water partition coefficient (Wildman–Crippen LogP) is 3.31. The second kappa shape index (κ2) is 3.62. The summed E-state index contributed by atoms with van der Waals surface area (Å²) in [6, 6.07) is 2.13. The molecule has 0 amide bonds. The fourth-order valence-corrected chi connectivity index (χ4v) is 2.68. The molecule has 13 heavy (non-hydrogen) atoms. The number of thiophene rings is 1. The van der Waals surface area contributed by atoms with Crippen LogP contribution in [-0.2, 0) is 10.2 Å². The second-order valence-electron chi connectivity index (χ2n) is 4.15. The normalized spacial score (nSPS) is 11.7. The number of ketones is 1. The smallest absolute Gasteiger partial charge is 0.130 e. The first-order valence-electron chi connectivity index (χ1n) is 4.47. The average molecular weight is 196 g/mol. The van der Waals surface area contributed by atoms with Gasteiger partial charge < -0.3 is 0 Å². The van der Waals surface area contributed by atoms with Gasteiger partial charge in [-0.15, -0.1) is 11.3 Å². The molecular formula is C11H16OS. The Morgan fingerprint density at radius 1 is 1.54 bits per heavy atom. The van der Waals surface area contributed by atoms with E-state index in [4.69, 9.17) is 0 Å². The van der Waals surface area contributed by atoms with Crippen LogP contribution in [-0.4, -0.2) is 5.78 Å². The van der Waals surface area contributed by atoms with Crippen LogP contribution in [0.2, 0.25) is 0 Å². The van der Waals surface area contributed by atoms with Crippen molar-refractivity contribution in [3.8, 4) is 0 Å². The van der Waals surface area contributed by atoms with Crippen LogP contribution in [0.25, 0.3) is 0 Å². The van der Waals surface area contributed by atoms with E-state index in [1.807, 2.05) is 0 Å². The molecule has 0 atom stereocenters. The van der Waals surface area contributed by atoms with Gasteiger partial charge in [-0.2, -0.15) is 0 Å². The van der Waals surface area contributed by atoms with Crippen molar-refractivity contribution in [2.24, 2.45) is 0 Å². The number of hydrogen-bond donors (Lipinski definition) is 0. The fourth-order valence-electron chi connectivity index (χ4n) is 1.80. The molecule has 1 heterocycles. The van der Waals surface area contributed by atoms with E-state index in [1.165, 1.54) is 10.4 Å². The van der Waals surface area contributed by atoms with Crippen molar-refractivity contribution in [2.45, 2.75) is 39.5 Å². The standard InChI is InChI=1S/C11H16OS/c1-8(12)7-11(3,4)10-5-6-13-9(10)2/h5-6H,7H2,1-4H3. The summed E-state index contributed by atoms with van der Waals surface area (Å²) in [6.07, 6.45) is 0.630. The van der Waals surface area contributed by atoms with E-state index in [2.05, 4.69) is 32.2 Å². The average Bonchev–Trinajstić information content (AvgIpc) is 2.32. The Morgan fingerprint density at radius 3 is 2.54 bits per heavy atom. The van der Waals surface area contributed by atoms with E-state index in [-0.39, 0.29) is 11.2 Å². The van der Waals surface area contributed by atoms with Crippen molar-refractivity contribution >= 4 is 17.1 Å². The molecular weight excluding hydrogens is 180 g/mol. The monoisotopic (exact) mass is 196 g/mol. The van der Waals surface area contributed by atoms with Gasteiger partial charge in [-0.1, -0.05) is 13.8 Å². The maximum absolute atomic E-state index is 11.1. The van der Waals surface area contributed by atoms with Crippen LogP contribution in [0.5, 0.6) is 0 Å². The lowest BCUT2D eigenvalue weighted by Gasteiger charge is -2.23. The molecule has 72 valence electrons. The van der Waals surface area contributed by atoms with Gasteiger partial charge in [-0.05, 0) is 36.3 Å². The van der Waals surface area contributed by atoms with E-state index >= 15 is 0 Å². The van der Waals surface area contributed by atoms with Gasteiger partial charge in [0.1, 0.15) is 5.78 Å². The first-order chi connectivity index (χ1) is 5.93. The molecule has 0 saturated carbocycles. The number of rotatable bonds is 3. The molecule has 1 rings (SSSR count). The molecule has 0 radical (unpaired) electrons. The molecule has 0 aliphatic heterocycles. The van der Waals surface area contributed by atoms with Gasteiger partial charge in [0.15, 0.2) is 0 Å². The molecule has 0 aromatic carbocycles. The van der Waals surface area contributed by atoms with E-state index < -0.39 is 0 Å². The number of hydrogen-bond acceptors (Lipinski definition) is 2. The van der Waals surface area contributed by atoms with Gasteiger partial charge in [0.05, 0.1) is 0 Å². The zero-order chi connectivity index (χ0) is 10.1. The lowest BCUT2D eigenvalue weighted by Crippen LogP contribution is -2.20. The fraction of sp³-hybridized carbons (Fsp3) is 0.545. The molecule has 1 aromatic rings. The van der Waals surface area contributed by atoms with Crippen LogP contribution < -0.4 is 0 Å². The lowest BCUT2D eigenvalue weighted by atomic mass is 9.81. The molecule has 1 nitrogen and oxygen atoms in total. The molecule has 0 saturated heterocycles. The zero-order valence-corrected chi connectivity index (χ0v) is 9.49. The van der Waals surface area contributed by atoms with E-state index in [0.717, 1.165) is 0 Å². The summed E-state index contributed by atoms with van der Waals surface area (Å²) in [5, 5.41) is 2.09. The Balaban J connectivity index is 2.93. The van der Waals surface area contributed by atoms with Crippen molar-refractivity contribution in [3.63, 3.8) is 0 Å². The van der Waals surface area contributed by atoms with Crippen LogP contribution >= 0.6 is 11.3 Å². The molecule has 0 N–H and O–H groups in total. The maximum Gasteiger partial charge on any atom is 0.130 e. The Hall–Kier alpha value is -0.630. The van der Waals surface area contributed by atoms with Crippen LogP contribution in [0.1, 0.15) is 37.6 Å². The maximum atomic E-state index is 11.1. The predicted molar refractivity (Wildman–Crippen MR) is 57.4 cm³/mol. The number of aryl methyl sites for hydroxylation is 1. The van der Waals surface area contributed by atoms with E-state index in [9.17, 15) is 4.79 Å². The Bertz CT molecular complexity index is 310. The van der Waals surface area contributed by atoms with Crippen molar-refractivity contribution in [2.75, 3.05) is 0 Å². The highest BCUT2D eigenvalue weighted by Crippen LogP contribution is 2.32. The number of carbonyl (C=O) groups is 1. The van der Waals surface area contributed by atoms with Crippen LogP contribution in [0.3, 0.4) is 0 Å². The van der Waals surface area contributed by atoms with Crippen molar-refractivity contribution in [3.05, 3.63) is 21.9 Å². The third kappa shape index (κ3) is 2.41. The minimum absolute atomic E-state index is 0.00405. The summed E-state index contributed by atoms with van der Waals surface area (Å²) in [5.74, 6) is 0.260. The minimum atomic E-state index is -0.00405. The Morgan fingerprint density at radius 2 is 2.15 bits per heavy atom. The number of carbonyl (C=O) groups excluding carboxylic acids is 1. The minimum Gasteiger partial charge on any atom is -0.300 e. The molecule has 0 aliphatic carbocycles. The Kier molecular flexibility index (Phi) is 2.91. The van der Waals surface area contributed by atoms with Crippen LogP contribution in [0.15, 0.2) is 11.4 Å². The highest BCUT2D eigenvalue weighted by Gasteiger charge is 2.24. The third-order valence-electron chi connectivity index (χ3n) is 2.28. The summed E-state index contributed by atoms with van der Waals surface area (Å²) in [6.45, 7) is 8.03. The van der Waals surface area contributed by atoms with Crippen LogP contribution in [0.4, 0.5) is 0 Å². The lowest BCUT2D eigenvalue weighted by molar-refractivity contribution is -0.118. The summed E-state index contributed by atoms with van der Waals surface area (Å²) in [7, 11) is 0. The molecule has 0 fully saturated rings. The Labute approximate surface area is 83.8 Å². The van der Waals surface area contributed by atoms with Gasteiger partial charge in [0.2, 0.25) is 0 Å². The molecule has 0 unspecified atom stereocenters. The molecule has 1 aromatic heterocycles. The van der Waals surface area contributed by atoms with Gasteiger partial charge in [0.25, 0.3) is 0 Å². The highest BCUT2D eigenvalue weighted by molar-refractivity contribution is 7.10. The summed E-state index contributed by atoms with van der Waals surface area (Å²) in [5.41, 5.74) is 1.31. The first-order valence-corrected chi connectivity index (χ1v) is 5.35. The highest BCUT2D eigenvalue weighted by atomic mass is 32.1. The van der Waals surface area contributed by atoms with E-state index in [1.54, 1.807) is 18.3 Å². The van der Waals surface area contributed by atoms with Crippen molar-refractivity contribution in [1.82, 2.24) is 0 Å². The zero-order valence-electron chi connectivity index (χ0n) is 8.68. The van der Waals surface area contributed by atoms with Crippen molar-refractivity contribution in [1.29, 1.82) is 0 Å². The van der Waals surface area contributed by atoms with Crippen LogP contribution in [0, 0.1) is 6.92 Å². The summed E-state index contributed by atoms with van der Waals surface area (Å²) < 4.78 is 0. The summed E-state index contributed by atoms with van der Waals surface area (Å²) >= 11 is 1.75. The molecule has 2 heteroatoms. The number of Topliss-reactive ketones (excluding diaryl/α,β-unsaturated/α-hetero) is 1. The molecule has 0 spiro atoms. The van der Waals surface area contributed by atoms with Gasteiger partial charge in [0, 0.05) is 11.3 Å². The van der Waals surface area contributed by atoms with Crippen molar-refractivity contribution < 1.29 is 4.79 Å². The third-order valence-corrected chi connectivity index (χ3v) is 3.12. The van der Waals surface area contributed by atoms with Gasteiger partial charge >= 0.3 is 0 Å². The SMILES string of the molecule is CC(=O)CC(C)(C)c1ccsc1C. The van der Waals surface area contributed by atoms with Gasteiger partial charge in [-0.3, -0.25) is 4.79 Å². The first kappa shape index (κ1) is 10.5. The molecule has 0 bridgehead atoms.